The Bertz CT molecular complexity index is 515. The quantitative estimate of drug-likeness (QED) is 0.536. The summed E-state index contributed by atoms with van der Waals surface area (Å²) in [7, 11) is 0. The molecule has 0 aliphatic rings. The first-order valence-corrected chi connectivity index (χ1v) is 5.57. The van der Waals surface area contributed by atoms with E-state index in [9.17, 15) is 13.2 Å². The molecule has 0 N–H and O–H groups in total. The predicted molar refractivity (Wildman–Crippen MR) is 64.5 cm³/mol. The second kappa shape index (κ2) is 4.45. The van der Waals surface area contributed by atoms with E-state index in [1.54, 1.807) is 12.1 Å². The topological polar surface area (TPSA) is 0 Å². The van der Waals surface area contributed by atoms with E-state index in [0.717, 1.165) is 15.7 Å². The maximum atomic E-state index is 13.0. The third-order valence-corrected chi connectivity index (χ3v) is 3.11. The van der Waals surface area contributed by atoms with Crippen molar-refractivity contribution in [1.82, 2.24) is 0 Å². The molecule has 0 saturated carbocycles. The Morgan fingerprint density at radius 3 is 2.00 bits per heavy atom. The van der Waals surface area contributed by atoms with Gasteiger partial charge in [-0.15, -0.1) is 0 Å². The molecule has 0 nitrogen and oxygen atoms in total. The molecule has 0 aliphatic carbocycles. The van der Waals surface area contributed by atoms with Gasteiger partial charge in [-0.1, -0.05) is 18.2 Å². The molecule has 0 aliphatic heterocycles. The van der Waals surface area contributed by atoms with Crippen LogP contribution in [0.15, 0.2) is 36.4 Å². The standard InChI is InChI=1S/C12H6F3I/c13-9-5-7(6-10(14)12(9)15)8-3-1-2-4-11(8)16/h1-6H. The van der Waals surface area contributed by atoms with Crippen molar-refractivity contribution < 1.29 is 13.2 Å². The molecule has 0 spiro atoms. The molecule has 16 heavy (non-hydrogen) atoms. The van der Waals surface area contributed by atoms with Crippen LogP contribution >= 0.6 is 22.6 Å². The first-order chi connectivity index (χ1) is 7.59. The minimum absolute atomic E-state index is 0.335. The Balaban J connectivity index is 2.62. The molecular weight excluding hydrogens is 328 g/mol. The van der Waals surface area contributed by atoms with Crippen LogP contribution in [0.25, 0.3) is 11.1 Å². The summed E-state index contributed by atoms with van der Waals surface area (Å²) >= 11 is 2.06. The van der Waals surface area contributed by atoms with E-state index in [2.05, 4.69) is 22.6 Å². The molecule has 2 aromatic rings. The highest BCUT2D eigenvalue weighted by Gasteiger charge is 2.12. The summed E-state index contributed by atoms with van der Waals surface area (Å²) in [5.41, 5.74) is 1.02. The van der Waals surface area contributed by atoms with E-state index in [4.69, 9.17) is 0 Å². The Hall–Kier alpha value is -1.04. The van der Waals surface area contributed by atoms with Crippen molar-refractivity contribution in [3.05, 3.63) is 57.4 Å². The lowest BCUT2D eigenvalue weighted by molar-refractivity contribution is 0.447. The molecule has 0 heterocycles. The summed E-state index contributed by atoms with van der Waals surface area (Å²) < 4.78 is 39.7. The van der Waals surface area contributed by atoms with Crippen molar-refractivity contribution in [1.29, 1.82) is 0 Å². The molecule has 2 rings (SSSR count). The summed E-state index contributed by atoms with van der Waals surface area (Å²) in [6, 6.07) is 9.12. The van der Waals surface area contributed by atoms with Gasteiger partial charge in [0.2, 0.25) is 0 Å². The SMILES string of the molecule is Fc1cc(-c2ccccc2I)cc(F)c1F. The molecule has 0 saturated heterocycles. The summed E-state index contributed by atoms with van der Waals surface area (Å²) in [5.74, 6) is -3.78. The van der Waals surface area contributed by atoms with E-state index in [-0.39, 0.29) is 0 Å². The molecule has 2 aromatic carbocycles. The lowest BCUT2D eigenvalue weighted by Crippen LogP contribution is -1.92. The van der Waals surface area contributed by atoms with Crippen molar-refractivity contribution in [2.24, 2.45) is 0 Å². The minimum atomic E-state index is -1.44. The van der Waals surface area contributed by atoms with Gasteiger partial charge in [-0.3, -0.25) is 0 Å². The van der Waals surface area contributed by atoms with Crippen LogP contribution in [-0.4, -0.2) is 0 Å². The van der Waals surface area contributed by atoms with Gasteiger partial charge in [0, 0.05) is 3.57 Å². The summed E-state index contributed by atoms with van der Waals surface area (Å²) in [5, 5.41) is 0. The Morgan fingerprint density at radius 1 is 0.875 bits per heavy atom. The molecular formula is C12H6F3I. The highest BCUT2D eigenvalue weighted by Crippen LogP contribution is 2.27. The normalized spacial score (nSPS) is 10.5. The van der Waals surface area contributed by atoms with Crippen LogP contribution in [0.3, 0.4) is 0 Å². The zero-order chi connectivity index (χ0) is 11.7. The fourth-order valence-electron chi connectivity index (χ4n) is 1.41. The van der Waals surface area contributed by atoms with Gasteiger partial charge >= 0.3 is 0 Å². The molecule has 82 valence electrons. The van der Waals surface area contributed by atoms with Crippen LogP contribution in [0.5, 0.6) is 0 Å². The van der Waals surface area contributed by atoms with E-state index >= 15 is 0 Å². The first-order valence-electron chi connectivity index (χ1n) is 4.49. The number of hydrogen-bond acceptors (Lipinski definition) is 0. The van der Waals surface area contributed by atoms with Crippen LogP contribution in [-0.2, 0) is 0 Å². The average Bonchev–Trinajstić information content (AvgIpc) is 2.26. The van der Waals surface area contributed by atoms with Gasteiger partial charge in [0.05, 0.1) is 0 Å². The molecule has 0 fully saturated rings. The number of rotatable bonds is 1. The fourth-order valence-corrected chi connectivity index (χ4v) is 2.11. The molecule has 0 amide bonds. The van der Waals surface area contributed by atoms with Gasteiger partial charge in [-0.25, -0.2) is 13.2 Å². The zero-order valence-electron chi connectivity index (χ0n) is 7.98. The molecule has 0 atom stereocenters. The minimum Gasteiger partial charge on any atom is -0.204 e. The van der Waals surface area contributed by atoms with Gasteiger partial charge < -0.3 is 0 Å². The van der Waals surface area contributed by atoms with Crippen LogP contribution in [0, 0.1) is 21.0 Å². The second-order valence-corrected chi connectivity index (χ2v) is 4.40. The second-order valence-electron chi connectivity index (χ2n) is 3.23. The molecule has 0 radical (unpaired) electrons. The smallest absolute Gasteiger partial charge is 0.194 e. The van der Waals surface area contributed by atoms with E-state index in [1.807, 2.05) is 12.1 Å². The lowest BCUT2D eigenvalue weighted by Gasteiger charge is -2.05. The van der Waals surface area contributed by atoms with Crippen molar-refractivity contribution in [2.75, 3.05) is 0 Å². The third-order valence-electron chi connectivity index (χ3n) is 2.17. The number of benzene rings is 2. The highest BCUT2D eigenvalue weighted by atomic mass is 127. The zero-order valence-corrected chi connectivity index (χ0v) is 10.1. The Labute approximate surface area is 104 Å². The van der Waals surface area contributed by atoms with E-state index in [1.165, 1.54) is 0 Å². The predicted octanol–water partition coefficient (Wildman–Crippen LogP) is 4.38. The lowest BCUT2D eigenvalue weighted by atomic mass is 10.1. The van der Waals surface area contributed by atoms with Crippen LogP contribution < -0.4 is 0 Å². The molecule has 0 bridgehead atoms. The maximum Gasteiger partial charge on any atom is 0.194 e. The van der Waals surface area contributed by atoms with Crippen molar-refractivity contribution in [3.63, 3.8) is 0 Å². The van der Waals surface area contributed by atoms with Crippen LogP contribution in [0.2, 0.25) is 0 Å². The molecule has 0 unspecified atom stereocenters. The van der Waals surface area contributed by atoms with Crippen LogP contribution in [0.4, 0.5) is 13.2 Å². The van der Waals surface area contributed by atoms with Gasteiger partial charge in [0.25, 0.3) is 0 Å². The summed E-state index contributed by atoms with van der Waals surface area (Å²) in [4.78, 5) is 0. The van der Waals surface area contributed by atoms with Crippen LogP contribution in [0.1, 0.15) is 0 Å². The summed E-state index contributed by atoms with van der Waals surface area (Å²) in [6.45, 7) is 0. The number of halogens is 4. The largest absolute Gasteiger partial charge is 0.204 e. The Morgan fingerprint density at radius 2 is 1.44 bits per heavy atom. The van der Waals surface area contributed by atoms with E-state index in [0.29, 0.717) is 11.1 Å². The van der Waals surface area contributed by atoms with Crippen molar-refractivity contribution in [2.45, 2.75) is 0 Å². The van der Waals surface area contributed by atoms with Crippen molar-refractivity contribution >= 4 is 22.6 Å². The monoisotopic (exact) mass is 334 g/mol. The van der Waals surface area contributed by atoms with Gasteiger partial charge in [-0.05, 0) is 51.9 Å². The fraction of sp³-hybridized carbons (Fsp3) is 0. The molecule has 4 heteroatoms. The molecule has 0 aromatic heterocycles. The van der Waals surface area contributed by atoms with Gasteiger partial charge in [0.15, 0.2) is 17.5 Å². The van der Waals surface area contributed by atoms with Gasteiger partial charge in [0.1, 0.15) is 0 Å². The Kier molecular flexibility index (Phi) is 3.18. The highest BCUT2D eigenvalue weighted by molar-refractivity contribution is 14.1. The van der Waals surface area contributed by atoms with E-state index < -0.39 is 17.5 Å². The average molecular weight is 334 g/mol. The maximum absolute atomic E-state index is 13.0. The van der Waals surface area contributed by atoms with Crippen molar-refractivity contribution in [3.8, 4) is 11.1 Å². The first kappa shape index (κ1) is 11.4. The van der Waals surface area contributed by atoms with Gasteiger partial charge in [-0.2, -0.15) is 0 Å². The summed E-state index contributed by atoms with van der Waals surface area (Å²) in [6.07, 6.45) is 0. The number of hydrogen-bond donors (Lipinski definition) is 0. The third kappa shape index (κ3) is 2.07.